The number of hydrogen-bond donors (Lipinski definition) is 0. The summed E-state index contributed by atoms with van der Waals surface area (Å²) >= 11 is 7.66. The molecule has 136 valence electrons. The lowest BCUT2D eigenvalue weighted by molar-refractivity contribution is 0.292. The highest BCUT2D eigenvalue weighted by Crippen LogP contribution is 2.37. The van der Waals surface area contributed by atoms with Gasteiger partial charge in [-0.2, -0.15) is 4.98 Å². The Kier molecular flexibility index (Phi) is 6.70. The van der Waals surface area contributed by atoms with Crippen molar-refractivity contribution >= 4 is 23.4 Å². The number of halogens is 1. The summed E-state index contributed by atoms with van der Waals surface area (Å²) in [7, 11) is 0. The molecule has 0 amide bonds. The van der Waals surface area contributed by atoms with Gasteiger partial charge in [0.15, 0.2) is 16.7 Å². The molecule has 0 radical (unpaired) electrons. The van der Waals surface area contributed by atoms with E-state index >= 15 is 0 Å². The zero-order valence-corrected chi connectivity index (χ0v) is 16.4. The van der Waals surface area contributed by atoms with Crippen molar-refractivity contribution in [1.82, 2.24) is 20.1 Å². The van der Waals surface area contributed by atoms with Crippen LogP contribution in [0.25, 0.3) is 11.6 Å². The maximum atomic E-state index is 6.20. The number of hydrogen-bond acceptors (Lipinski definition) is 6. The lowest BCUT2D eigenvalue weighted by Crippen LogP contribution is -2.14. The summed E-state index contributed by atoms with van der Waals surface area (Å²) in [6.45, 7) is 2.26. The van der Waals surface area contributed by atoms with Crippen LogP contribution in [0.15, 0.2) is 15.9 Å². The summed E-state index contributed by atoms with van der Waals surface area (Å²) in [4.78, 5) is 13.1. The Morgan fingerprint density at radius 2 is 2.00 bits per heavy atom. The van der Waals surface area contributed by atoms with E-state index in [1.54, 1.807) is 6.20 Å². The Balaban J connectivity index is 1.63. The molecular weight excluding hydrogens is 356 g/mol. The van der Waals surface area contributed by atoms with Gasteiger partial charge in [-0.3, -0.25) is 0 Å². The topological polar surface area (TPSA) is 64.7 Å². The van der Waals surface area contributed by atoms with Crippen LogP contribution in [0, 0.1) is 5.92 Å². The third-order valence-corrected chi connectivity index (χ3v) is 5.82. The van der Waals surface area contributed by atoms with Crippen LogP contribution in [0.1, 0.15) is 70.0 Å². The predicted octanol–water partition coefficient (Wildman–Crippen LogP) is 5.76. The summed E-state index contributed by atoms with van der Waals surface area (Å²) in [6, 6.07) is 0. The first-order valence-electron chi connectivity index (χ1n) is 9.11. The first-order valence-corrected chi connectivity index (χ1v) is 10.7. The van der Waals surface area contributed by atoms with Gasteiger partial charge in [0, 0.05) is 5.92 Å². The number of thioether (sulfide) groups is 1. The van der Waals surface area contributed by atoms with Gasteiger partial charge in [0.2, 0.25) is 0 Å². The minimum atomic E-state index is 0.389. The van der Waals surface area contributed by atoms with Gasteiger partial charge in [-0.25, -0.2) is 9.97 Å². The van der Waals surface area contributed by atoms with Crippen molar-refractivity contribution in [2.45, 2.75) is 69.4 Å². The molecule has 5 nitrogen and oxygen atoms in total. The third-order valence-electron chi connectivity index (χ3n) is 4.98. The van der Waals surface area contributed by atoms with E-state index in [1.165, 1.54) is 50.3 Å². The molecule has 3 rings (SSSR count). The van der Waals surface area contributed by atoms with Crippen molar-refractivity contribution in [2.75, 3.05) is 6.26 Å². The second-order valence-corrected chi connectivity index (χ2v) is 7.91. The highest BCUT2D eigenvalue weighted by molar-refractivity contribution is 7.98. The fourth-order valence-electron chi connectivity index (χ4n) is 3.49. The first-order chi connectivity index (χ1) is 12.2. The van der Waals surface area contributed by atoms with Crippen molar-refractivity contribution in [3.63, 3.8) is 0 Å². The van der Waals surface area contributed by atoms with Crippen molar-refractivity contribution in [3.8, 4) is 11.6 Å². The molecule has 0 bridgehead atoms. The van der Waals surface area contributed by atoms with Crippen LogP contribution in [-0.2, 0) is 0 Å². The van der Waals surface area contributed by atoms with Crippen LogP contribution in [0.2, 0.25) is 5.02 Å². The van der Waals surface area contributed by atoms with Crippen LogP contribution < -0.4 is 0 Å². The maximum absolute atomic E-state index is 6.20. The molecule has 0 spiro atoms. The average Bonchev–Trinajstić information content (AvgIpc) is 3.13. The van der Waals surface area contributed by atoms with E-state index in [4.69, 9.17) is 16.1 Å². The Hall–Kier alpha value is -1.14. The van der Waals surface area contributed by atoms with Crippen molar-refractivity contribution < 1.29 is 4.52 Å². The van der Waals surface area contributed by atoms with E-state index in [1.807, 2.05) is 6.26 Å². The fraction of sp³-hybridized carbons (Fsp3) is 0.667. The van der Waals surface area contributed by atoms with Gasteiger partial charge >= 0.3 is 0 Å². The Bertz CT molecular complexity index is 685. The predicted molar refractivity (Wildman–Crippen MR) is 101 cm³/mol. The van der Waals surface area contributed by atoms with Gasteiger partial charge in [-0.15, -0.1) is 0 Å². The largest absolute Gasteiger partial charge is 0.332 e. The molecule has 0 atom stereocenters. The summed E-state index contributed by atoms with van der Waals surface area (Å²) in [5.74, 6) is 2.44. The monoisotopic (exact) mass is 380 g/mol. The lowest BCUT2D eigenvalue weighted by Gasteiger charge is -2.26. The van der Waals surface area contributed by atoms with Crippen LogP contribution in [-0.4, -0.2) is 26.4 Å². The quantitative estimate of drug-likeness (QED) is 0.346. The SMILES string of the molecule is CCCCC[C@H]1CC[C@H](c2noc(-c3nc(SC)ncc3Cl)n2)CC1. The molecular formula is C18H25ClN4OS. The van der Waals surface area contributed by atoms with Crippen molar-refractivity contribution in [3.05, 3.63) is 17.0 Å². The molecule has 0 unspecified atom stereocenters. The summed E-state index contributed by atoms with van der Waals surface area (Å²) < 4.78 is 5.45. The summed E-state index contributed by atoms with van der Waals surface area (Å²) in [5, 5.41) is 5.28. The molecule has 0 saturated heterocycles. The summed E-state index contributed by atoms with van der Waals surface area (Å²) in [6.07, 6.45) is 13.7. The van der Waals surface area contributed by atoms with E-state index in [2.05, 4.69) is 27.0 Å². The van der Waals surface area contributed by atoms with Gasteiger partial charge in [0.1, 0.15) is 0 Å². The molecule has 1 fully saturated rings. The van der Waals surface area contributed by atoms with Gasteiger partial charge in [-0.1, -0.05) is 61.1 Å². The van der Waals surface area contributed by atoms with Crippen molar-refractivity contribution in [1.29, 1.82) is 0 Å². The van der Waals surface area contributed by atoms with E-state index in [9.17, 15) is 0 Å². The Labute approximate surface area is 158 Å². The molecule has 0 aliphatic heterocycles. The zero-order chi connectivity index (χ0) is 17.6. The molecule has 1 aliphatic carbocycles. The molecule has 1 saturated carbocycles. The molecule has 2 aromatic heterocycles. The lowest BCUT2D eigenvalue weighted by atomic mass is 9.79. The standard InChI is InChI=1S/C18H25ClN4OS/c1-3-4-5-6-12-7-9-13(10-8-12)16-22-17(24-23-16)15-14(19)11-20-18(21-15)25-2/h11-13H,3-10H2,1-2H3/t12-,13-. The average molecular weight is 381 g/mol. The molecule has 0 aromatic carbocycles. The second kappa shape index (κ2) is 8.99. The molecule has 7 heteroatoms. The van der Waals surface area contributed by atoms with Crippen molar-refractivity contribution in [2.24, 2.45) is 5.92 Å². The van der Waals surface area contributed by atoms with Gasteiger partial charge in [-0.05, 0) is 37.9 Å². The first kappa shape index (κ1) is 18.6. The Morgan fingerprint density at radius 3 is 2.72 bits per heavy atom. The minimum Gasteiger partial charge on any atom is -0.332 e. The normalized spacial score (nSPS) is 20.8. The fourth-order valence-corrected chi connectivity index (χ4v) is 4.00. The van der Waals surface area contributed by atoms with Crippen LogP contribution in [0.5, 0.6) is 0 Å². The number of unbranched alkanes of at least 4 members (excludes halogenated alkanes) is 2. The van der Waals surface area contributed by atoms with E-state index in [-0.39, 0.29) is 0 Å². The Morgan fingerprint density at radius 1 is 1.20 bits per heavy atom. The van der Waals surface area contributed by atoms with E-state index < -0.39 is 0 Å². The van der Waals surface area contributed by atoms with Gasteiger partial charge < -0.3 is 4.52 Å². The maximum Gasteiger partial charge on any atom is 0.278 e. The molecule has 2 heterocycles. The third kappa shape index (κ3) is 4.73. The number of aromatic nitrogens is 4. The van der Waals surface area contributed by atoms with Crippen LogP contribution in [0.3, 0.4) is 0 Å². The second-order valence-electron chi connectivity index (χ2n) is 6.72. The van der Waals surface area contributed by atoms with Crippen LogP contribution in [0.4, 0.5) is 0 Å². The zero-order valence-electron chi connectivity index (χ0n) is 14.9. The van der Waals surface area contributed by atoms with Crippen LogP contribution >= 0.6 is 23.4 Å². The highest BCUT2D eigenvalue weighted by Gasteiger charge is 2.26. The molecule has 2 aromatic rings. The molecule has 0 N–H and O–H groups in total. The molecule has 25 heavy (non-hydrogen) atoms. The molecule has 1 aliphatic rings. The smallest absolute Gasteiger partial charge is 0.278 e. The van der Waals surface area contributed by atoms with Gasteiger partial charge in [0.05, 0.1) is 11.2 Å². The summed E-state index contributed by atoms with van der Waals surface area (Å²) in [5.41, 5.74) is 0.521. The highest BCUT2D eigenvalue weighted by atomic mass is 35.5. The van der Waals surface area contributed by atoms with E-state index in [0.717, 1.165) is 24.6 Å². The number of rotatable bonds is 7. The van der Waals surface area contributed by atoms with Gasteiger partial charge in [0.25, 0.3) is 5.89 Å². The van der Waals surface area contributed by atoms with E-state index in [0.29, 0.717) is 27.7 Å². The number of nitrogens with zero attached hydrogens (tertiary/aromatic N) is 4. The minimum absolute atomic E-state index is 0.389.